The number of rotatable bonds is 0. The minimum atomic E-state index is 0.597. The number of fused-ring (bicyclic) bond motifs is 4. The molecule has 1 unspecified atom stereocenters. The van der Waals surface area contributed by atoms with E-state index < -0.39 is 0 Å². The molecule has 0 saturated heterocycles. The van der Waals surface area contributed by atoms with Gasteiger partial charge in [0.15, 0.2) is 0 Å². The van der Waals surface area contributed by atoms with E-state index in [0.717, 1.165) is 5.02 Å². The van der Waals surface area contributed by atoms with Gasteiger partial charge >= 0.3 is 0 Å². The molecule has 0 heterocycles. The van der Waals surface area contributed by atoms with E-state index in [-0.39, 0.29) is 0 Å². The highest BCUT2D eigenvalue weighted by atomic mass is 35.5. The highest BCUT2D eigenvalue weighted by Crippen LogP contribution is 2.45. The lowest BCUT2D eigenvalue weighted by Crippen LogP contribution is -2.10. The van der Waals surface area contributed by atoms with Crippen molar-refractivity contribution < 1.29 is 0 Å². The minimum Gasteiger partial charge on any atom is -0.0843 e. The maximum atomic E-state index is 6.13. The smallest absolute Gasteiger partial charge is 0.0412 e. The summed E-state index contributed by atoms with van der Waals surface area (Å²) in [5, 5.41) is 3.44. The van der Waals surface area contributed by atoms with Crippen LogP contribution >= 0.6 is 11.6 Å². The van der Waals surface area contributed by atoms with Gasteiger partial charge < -0.3 is 0 Å². The van der Waals surface area contributed by atoms with Gasteiger partial charge in [-0.3, -0.25) is 0 Å². The quantitative estimate of drug-likeness (QED) is 0.546. The van der Waals surface area contributed by atoms with E-state index in [9.17, 15) is 0 Å². The van der Waals surface area contributed by atoms with Crippen LogP contribution in [0.15, 0.2) is 48.1 Å². The lowest BCUT2D eigenvalue weighted by atomic mass is 9.75. The Morgan fingerprint density at radius 1 is 1.15 bits per heavy atom. The summed E-state index contributed by atoms with van der Waals surface area (Å²) in [6.45, 7) is 2.36. The van der Waals surface area contributed by atoms with Crippen LogP contribution in [0.25, 0.3) is 16.3 Å². The van der Waals surface area contributed by atoms with Crippen molar-refractivity contribution in [3.63, 3.8) is 0 Å². The molecule has 0 radical (unpaired) electrons. The molecule has 2 aromatic carbocycles. The van der Waals surface area contributed by atoms with Gasteiger partial charge in [-0.15, -0.1) is 0 Å². The molecule has 0 bridgehead atoms. The predicted molar refractivity (Wildman–Crippen MR) is 87.3 cm³/mol. The molecule has 0 fully saturated rings. The summed E-state index contributed by atoms with van der Waals surface area (Å²) >= 11 is 6.13. The molecule has 2 aromatic rings. The van der Waals surface area contributed by atoms with E-state index in [1.54, 1.807) is 5.57 Å². The van der Waals surface area contributed by atoms with Crippen LogP contribution in [0.5, 0.6) is 0 Å². The molecular formula is C19H17Cl. The van der Waals surface area contributed by atoms with Crippen molar-refractivity contribution >= 4 is 27.9 Å². The molecule has 100 valence electrons. The Morgan fingerprint density at radius 3 is 2.95 bits per heavy atom. The zero-order valence-corrected chi connectivity index (χ0v) is 12.4. The Morgan fingerprint density at radius 2 is 2.05 bits per heavy atom. The highest BCUT2D eigenvalue weighted by Gasteiger charge is 2.25. The molecule has 4 rings (SSSR count). The van der Waals surface area contributed by atoms with Gasteiger partial charge in [-0.2, -0.15) is 0 Å². The second kappa shape index (κ2) is 4.49. The van der Waals surface area contributed by atoms with Crippen LogP contribution in [-0.2, 0) is 0 Å². The first kappa shape index (κ1) is 12.2. The van der Waals surface area contributed by atoms with E-state index in [2.05, 4.69) is 43.3 Å². The molecule has 20 heavy (non-hydrogen) atoms. The normalized spacial score (nSPS) is 21.0. The van der Waals surface area contributed by atoms with Crippen LogP contribution in [0.4, 0.5) is 0 Å². The average Bonchev–Trinajstić information content (AvgIpc) is 2.46. The summed E-state index contributed by atoms with van der Waals surface area (Å²) in [6.07, 6.45) is 8.27. The Bertz CT molecular complexity index is 765. The molecule has 0 N–H and O–H groups in total. The molecule has 0 aliphatic heterocycles. The molecule has 1 atom stereocenters. The molecule has 0 saturated carbocycles. The molecule has 2 aliphatic rings. The summed E-state index contributed by atoms with van der Waals surface area (Å²) in [7, 11) is 0. The third kappa shape index (κ3) is 1.75. The largest absolute Gasteiger partial charge is 0.0843 e. The monoisotopic (exact) mass is 280 g/mol. The van der Waals surface area contributed by atoms with Gasteiger partial charge in [-0.1, -0.05) is 54.4 Å². The molecule has 0 amide bonds. The molecule has 0 spiro atoms. The summed E-state index contributed by atoms with van der Waals surface area (Å²) < 4.78 is 0. The maximum Gasteiger partial charge on any atom is 0.0412 e. The lowest BCUT2D eigenvalue weighted by molar-refractivity contribution is 0.710. The first-order valence-corrected chi connectivity index (χ1v) is 7.73. The zero-order valence-electron chi connectivity index (χ0n) is 11.6. The second-order valence-electron chi connectivity index (χ2n) is 5.96. The number of halogens is 1. The van der Waals surface area contributed by atoms with Crippen molar-refractivity contribution in [2.75, 3.05) is 0 Å². The third-order valence-electron chi connectivity index (χ3n) is 4.64. The topological polar surface area (TPSA) is 0 Å². The van der Waals surface area contributed by atoms with Gasteiger partial charge in [0.1, 0.15) is 0 Å². The van der Waals surface area contributed by atoms with Crippen LogP contribution in [-0.4, -0.2) is 0 Å². The molecule has 2 aliphatic carbocycles. The van der Waals surface area contributed by atoms with Crippen LogP contribution in [0.3, 0.4) is 0 Å². The lowest BCUT2D eigenvalue weighted by Gasteiger charge is -2.30. The van der Waals surface area contributed by atoms with Gasteiger partial charge in [0.25, 0.3) is 0 Å². The van der Waals surface area contributed by atoms with Gasteiger partial charge in [0.05, 0.1) is 0 Å². The van der Waals surface area contributed by atoms with Crippen LogP contribution in [0.2, 0.25) is 5.02 Å². The molecular weight excluding hydrogens is 264 g/mol. The summed E-state index contributed by atoms with van der Waals surface area (Å²) in [5.41, 5.74) is 6.05. The van der Waals surface area contributed by atoms with Gasteiger partial charge in [-0.25, -0.2) is 0 Å². The van der Waals surface area contributed by atoms with Crippen molar-refractivity contribution in [2.45, 2.75) is 32.1 Å². The van der Waals surface area contributed by atoms with E-state index in [4.69, 9.17) is 11.6 Å². The fourth-order valence-electron chi connectivity index (χ4n) is 3.77. The Balaban J connectivity index is 2.04. The summed E-state index contributed by atoms with van der Waals surface area (Å²) in [4.78, 5) is 0. The van der Waals surface area contributed by atoms with Crippen molar-refractivity contribution in [3.05, 3.63) is 64.2 Å². The molecule has 0 aromatic heterocycles. The Hall–Kier alpha value is -1.53. The number of allylic oxidation sites excluding steroid dienone is 4. The standard InChI is InChI=1S/C19H17Cl/c1-12-10-13-4-2-3-5-16(13)18-8-6-14-11-15(20)7-9-17(14)19(12)18/h3,5-9,11-12H,2,4,10H2,1H3. The molecule has 1 heteroatoms. The minimum absolute atomic E-state index is 0.597. The fourth-order valence-corrected chi connectivity index (χ4v) is 3.95. The highest BCUT2D eigenvalue weighted by molar-refractivity contribution is 6.31. The first-order valence-electron chi connectivity index (χ1n) is 7.35. The average molecular weight is 281 g/mol. The van der Waals surface area contributed by atoms with Crippen LogP contribution < -0.4 is 0 Å². The van der Waals surface area contributed by atoms with Crippen molar-refractivity contribution in [2.24, 2.45) is 0 Å². The number of benzene rings is 2. The van der Waals surface area contributed by atoms with Crippen LogP contribution in [0.1, 0.15) is 43.2 Å². The molecule has 0 nitrogen and oxygen atoms in total. The second-order valence-corrected chi connectivity index (χ2v) is 6.39. The van der Waals surface area contributed by atoms with Gasteiger partial charge in [0.2, 0.25) is 0 Å². The third-order valence-corrected chi connectivity index (χ3v) is 4.87. The van der Waals surface area contributed by atoms with E-state index in [0.29, 0.717) is 5.92 Å². The van der Waals surface area contributed by atoms with Crippen molar-refractivity contribution in [1.29, 1.82) is 0 Å². The summed E-state index contributed by atoms with van der Waals surface area (Å²) in [6, 6.07) is 10.8. The summed E-state index contributed by atoms with van der Waals surface area (Å²) in [5.74, 6) is 0.597. The number of hydrogen-bond donors (Lipinski definition) is 0. The van der Waals surface area contributed by atoms with E-state index >= 15 is 0 Å². The number of hydrogen-bond acceptors (Lipinski definition) is 0. The van der Waals surface area contributed by atoms with Crippen LogP contribution in [0, 0.1) is 0 Å². The predicted octanol–water partition coefficient (Wildman–Crippen LogP) is 6.10. The van der Waals surface area contributed by atoms with Crippen molar-refractivity contribution in [1.82, 2.24) is 0 Å². The Labute approximate surface area is 124 Å². The zero-order chi connectivity index (χ0) is 13.7. The SMILES string of the molecule is CC1CC2=C(C=CCC2)c2ccc3cc(Cl)ccc3c21. The van der Waals surface area contributed by atoms with Gasteiger partial charge in [-0.05, 0) is 64.8 Å². The maximum absolute atomic E-state index is 6.13. The first-order chi connectivity index (χ1) is 9.74. The van der Waals surface area contributed by atoms with Crippen molar-refractivity contribution in [3.8, 4) is 0 Å². The van der Waals surface area contributed by atoms with Gasteiger partial charge in [0, 0.05) is 5.02 Å². The van der Waals surface area contributed by atoms with E-state index in [1.807, 2.05) is 6.07 Å². The van der Waals surface area contributed by atoms with E-state index in [1.165, 1.54) is 46.7 Å². The Kier molecular flexibility index (Phi) is 2.75. The fraction of sp³-hybridized carbons (Fsp3) is 0.263.